The summed E-state index contributed by atoms with van der Waals surface area (Å²) in [4.78, 5) is 40.2. The van der Waals surface area contributed by atoms with Crippen molar-refractivity contribution < 1.29 is 14.4 Å². The number of rotatable bonds is 7. The van der Waals surface area contributed by atoms with Gasteiger partial charge in [0, 0.05) is 30.1 Å². The molecule has 0 saturated carbocycles. The third kappa shape index (κ3) is 5.49. The molecular weight excluding hydrogens is 368 g/mol. The smallest absolute Gasteiger partial charge is 0.255 e. The summed E-state index contributed by atoms with van der Waals surface area (Å²) in [6.45, 7) is 0.257. The lowest BCUT2D eigenvalue weighted by Crippen LogP contribution is -2.25. The minimum Gasteiger partial charge on any atom is -0.397 e. The van der Waals surface area contributed by atoms with Crippen LogP contribution in [0.25, 0.3) is 0 Å². The van der Waals surface area contributed by atoms with Gasteiger partial charge < -0.3 is 16.4 Å². The van der Waals surface area contributed by atoms with Crippen LogP contribution in [0, 0.1) is 0 Å². The summed E-state index contributed by atoms with van der Waals surface area (Å²) in [7, 11) is 0. The highest BCUT2D eigenvalue weighted by Crippen LogP contribution is 2.18. The van der Waals surface area contributed by atoms with Crippen molar-refractivity contribution in [2.75, 3.05) is 11.1 Å². The quantitative estimate of drug-likeness (QED) is 0.327. The molecule has 0 atom stereocenters. The Balaban J connectivity index is 1.51. The number of nitrogens with one attached hydrogen (secondary N) is 2. The van der Waals surface area contributed by atoms with E-state index in [2.05, 4.69) is 15.6 Å². The first-order chi connectivity index (χ1) is 14.0. The van der Waals surface area contributed by atoms with Gasteiger partial charge in [0.05, 0.1) is 17.8 Å². The molecule has 0 bridgehead atoms. The number of nitrogens with two attached hydrogens (primary N) is 1. The van der Waals surface area contributed by atoms with Crippen molar-refractivity contribution in [3.63, 3.8) is 0 Å². The zero-order valence-electron chi connectivity index (χ0n) is 15.6. The lowest BCUT2D eigenvalue weighted by atomic mass is 10.1. The van der Waals surface area contributed by atoms with Crippen LogP contribution in [0.2, 0.25) is 0 Å². The number of benzene rings is 2. The topological polar surface area (TPSA) is 114 Å². The number of aromatic nitrogens is 1. The minimum atomic E-state index is -0.375. The van der Waals surface area contributed by atoms with E-state index < -0.39 is 0 Å². The van der Waals surface area contributed by atoms with Crippen LogP contribution >= 0.6 is 0 Å². The molecule has 0 fully saturated rings. The van der Waals surface area contributed by atoms with E-state index in [0.717, 1.165) is 5.56 Å². The Morgan fingerprint density at radius 1 is 0.897 bits per heavy atom. The van der Waals surface area contributed by atoms with Crippen LogP contribution in [0.4, 0.5) is 11.4 Å². The first-order valence-corrected chi connectivity index (χ1v) is 8.97. The van der Waals surface area contributed by atoms with Gasteiger partial charge in [-0.15, -0.1) is 0 Å². The van der Waals surface area contributed by atoms with Crippen LogP contribution < -0.4 is 16.4 Å². The maximum absolute atomic E-state index is 12.3. The van der Waals surface area contributed by atoms with E-state index in [1.165, 1.54) is 6.20 Å². The molecule has 0 aliphatic carbocycles. The van der Waals surface area contributed by atoms with E-state index in [1.54, 1.807) is 66.9 Å². The van der Waals surface area contributed by atoms with E-state index in [1.807, 2.05) is 0 Å². The summed E-state index contributed by atoms with van der Waals surface area (Å²) in [5, 5.41) is 5.46. The predicted molar refractivity (Wildman–Crippen MR) is 110 cm³/mol. The van der Waals surface area contributed by atoms with Crippen LogP contribution in [-0.4, -0.2) is 22.6 Å². The number of anilines is 2. The van der Waals surface area contributed by atoms with Crippen LogP contribution in [0.3, 0.4) is 0 Å². The fraction of sp³-hybridized carbons (Fsp3) is 0.0909. The Labute approximate surface area is 168 Å². The third-order valence-corrected chi connectivity index (χ3v) is 4.22. The molecule has 2 aromatic carbocycles. The molecule has 7 heteroatoms. The van der Waals surface area contributed by atoms with E-state index in [4.69, 9.17) is 5.73 Å². The number of nitrogen functional groups attached to an aromatic ring is 1. The molecule has 0 saturated heterocycles. The molecule has 0 unspecified atom stereocenters. The van der Waals surface area contributed by atoms with Crippen molar-refractivity contribution in [3.8, 4) is 0 Å². The van der Waals surface area contributed by atoms with Gasteiger partial charge in [0.15, 0.2) is 5.78 Å². The van der Waals surface area contributed by atoms with E-state index in [0.29, 0.717) is 22.5 Å². The SMILES string of the molecule is Nc1ccccc1NC(=O)c1ccc(CNC(=O)CC(=O)c2cccnc2)cc1. The van der Waals surface area contributed by atoms with Gasteiger partial charge in [-0.2, -0.15) is 0 Å². The van der Waals surface area contributed by atoms with Gasteiger partial charge in [-0.05, 0) is 42.0 Å². The molecule has 0 spiro atoms. The van der Waals surface area contributed by atoms with Crippen LogP contribution in [-0.2, 0) is 11.3 Å². The molecule has 29 heavy (non-hydrogen) atoms. The van der Waals surface area contributed by atoms with Crippen LogP contribution in [0.1, 0.15) is 32.7 Å². The molecule has 7 nitrogen and oxygen atoms in total. The number of Topliss-reactive ketones (excluding diaryl/α,β-unsaturated/α-hetero) is 1. The normalized spacial score (nSPS) is 10.2. The molecule has 146 valence electrons. The van der Waals surface area contributed by atoms with Gasteiger partial charge >= 0.3 is 0 Å². The van der Waals surface area contributed by atoms with Crippen molar-refractivity contribution in [2.45, 2.75) is 13.0 Å². The average molecular weight is 388 g/mol. The maximum Gasteiger partial charge on any atom is 0.255 e. The van der Waals surface area contributed by atoms with Crippen molar-refractivity contribution in [2.24, 2.45) is 0 Å². The highest BCUT2D eigenvalue weighted by atomic mass is 16.2. The van der Waals surface area contributed by atoms with Gasteiger partial charge in [-0.3, -0.25) is 19.4 Å². The highest BCUT2D eigenvalue weighted by molar-refractivity contribution is 6.07. The second-order valence-corrected chi connectivity index (χ2v) is 6.36. The number of carbonyl (C=O) groups excluding carboxylic acids is 3. The van der Waals surface area contributed by atoms with Gasteiger partial charge in [-0.1, -0.05) is 24.3 Å². The molecule has 2 amide bonds. The first kappa shape index (κ1) is 19.8. The van der Waals surface area contributed by atoms with Crippen molar-refractivity contribution >= 4 is 29.0 Å². The molecule has 0 radical (unpaired) electrons. The molecule has 0 aliphatic rings. The van der Waals surface area contributed by atoms with Gasteiger partial charge in [0.2, 0.25) is 5.91 Å². The first-order valence-electron chi connectivity index (χ1n) is 8.97. The van der Waals surface area contributed by atoms with Gasteiger partial charge in [0.1, 0.15) is 0 Å². The van der Waals surface area contributed by atoms with Crippen LogP contribution in [0.5, 0.6) is 0 Å². The number of para-hydroxylation sites is 2. The molecule has 1 heterocycles. The number of pyridine rings is 1. The largest absolute Gasteiger partial charge is 0.397 e. The molecule has 4 N–H and O–H groups in total. The molecule has 3 rings (SSSR count). The van der Waals surface area contributed by atoms with E-state index >= 15 is 0 Å². The molecule has 1 aromatic heterocycles. The number of hydrogen-bond donors (Lipinski definition) is 3. The number of ketones is 1. The summed E-state index contributed by atoms with van der Waals surface area (Å²) in [6, 6.07) is 17.1. The fourth-order valence-electron chi connectivity index (χ4n) is 2.62. The Hall–Kier alpha value is -4.00. The summed E-state index contributed by atoms with van der Waals surface area (Å²) in [5.41, 5.74) is 8.54. The van der Waals surface area contributed by atoms with Crippen molar-refractivity contribution in [1.29, 1.82) is 0 Å². The summed E-state index contributed by atoms with van der Waals surface area (Å²) in [6.07, 6.45) is 2.75. The maximum atomic E-state index is 12.3. The zero-order chi connectivity index (χ0) is 20.6. The zero-order valence-corrected chi connectivity index (χ0v) is 15.6. The standard InChI is InChI=1S/C22H20N4O3/c23-18-5-1-2-6-19(18)26-22(29)16-9-7-15(8-10-16)13-25-21(28)12-20(27)17-4-3-11-24-14-17/h1-11,14H,12-13,23H2,(H,25,28)(H,26,29). The lowest BCUT2D eigenvalue weighted by Gasteiger charge is -2.09. The average Bonchev–Trinajstić information content (AvgIpc) is 2.75. The minimum absolute atomic E-state index is 0.245. The predicted octanol–water partition coefficient (Wildman–Crippen LogP) is 2.81. The Morgan fingerprint density at radius 3 is 2.34 bits per heavy atom. The summed E-state index contributed by atoms with van der Waals surface area (Å²) >= 11 is 0. The summed E-state index contributed by atoms with van der Waals surface area (Å²) in [5.74, 6) is -0.941. The number of carbonyl (C=O) groups is 3. The monoisotopic (exact) mass is 388 g/mol. The Morgan fingerprint density at radius 2 is 1.66 bits per heavy atom. The lowest BCUT2D eigenvalue weighted by molar-refractivity contribution is -0.120. The van der Waals surface area contributed by atoms with Crippen molar-refractivity contribution in [1.82, 2.24) is 10.3 Å². The third-order valence-electron chi connectivity index (χ3n) is 4.22. The van der Waals surface area contributed by atoms with E-state index in [-0.39, 0.29) is 30.6 Å². The second-order valence-electron chi connectivity index (χ2n) is 6.36. The fourth-order valence-corrected chi connectivity index (χ4v) is 2.62. The Kier molecular flexibility index (Phi) is 6.32. The highest BCUT2D eigenvalue weighted by Gasteiger charge is 2.12. The molecule has 3 aromatic rings. The number of nitrogens with zero attached hydrogens (tertiary/aromatic N) is 1. The Bertz CT molecular complexity index is 1020. The van der Waals surface area contributed by atoms with Gasteiger partial charge in [-0.25, -0.2) is 0 Å². The molecule has 0 aliphatic heterocycles. The summed E-state index contributed by atoms with van der Waals surface area (Å²) < 4.78 is 0. The van der Waals surface area contributed by atoms with E-state index in [9.17, 15) is 14.4 Å². The number of hydrogen-bond acceptors (Lipinski definition) is 5. The number of amides is 2. The molecular formula is C22H20N4O3. The second kappa shape index (κ2) is 9.27. The van der Waals surface area contributed by atoms with Crippen molar-refractivity contribution in [3.05, 3.63) is 89.7 Å². The van der Waals surface area contributed by atoms with Crippen LogP contribution in [0.15, 0.2) is 73.1 Å². The van der Waals surface area contributed by atoms with Gasteiger partial charge in [0.25, 0.3) is 5.91 Å².